The molecule has 0 aliphatic carbocycles. The summed E-state index contributed by atoms with van der Waals surface area (Å²) in [5.41, 5.74) is -0.888. The highest BCUT2D eigenvalue weighted by atomic mass is 16.2. The van der Waals surface area contributed by atoms with Gasteiger partial charge in [-0.25, -0.2) is 4.79 Å². The monoisotopic (exact) mass is 211 g/mol. The summed E-state index contributed by atoms with van der Waals surface area (Å²) < 4.78 is 0. The first-order valence-corrected chi connectivity index (χ1v) is 4.93. The number of hydrogen-bond donors (Lipinski definition) is 2. The molecule has 2 saturated heterocycles. The van der Waals surface area contributed by atoms with Gasteiger partial charge in [0.15, 0.2) is 0 Å². The van der Waals surface area contributed by atoms with Crippen LogP contribution in [0.1, 0.15) is 19.8 Å². The van der Waals surface area contributed by atoms with Crippen molar-refractivity contribution in [2.45, 2.75) is 25.3 Å². The quantitative estimate of drug-likeness (QED) is 0.515. The van der Waals surface area contributed by atoms with Gasteiger partial charge >= 0.3 is 6.03 Å². The molecule has 1 unspecified atom stereocenters. The predicted molar refractivity (Wildman–Crippen MR) is 50.9 cm³/mol. The number of amides is 4. The van der Waals surface area contributed by atoms with Gasteiger partial charge in [-0.15, -0.1) is 0 Å². The van der Waals surface area contributed by atoms with Crippen LogP contribution < -0.4 is 10.6 Å². The zero-order valence-corrected chi connectivity index (χ0v) is 8.50. The maximum absolute atomic E-state index is 11.6. The second-order valence-corrected chi connectivity index (χ2v) is 4.03. The first kappa shape index (κ1) is 9.95. The van der Waals surface area contributed by atoms with E-state index in [1.807, 2.05) is 0 Å². The number of likely N-dealkylation sites (tertiary alicyclic amines) is 1. The van der Waals surface area contributed by atoms with Crippen LogP contribution in [-0.2, 0) is 9.59 Å². The van der Waals surface area contributed by atoms with Crippen molar-refractivity contribution in [3.8, 4) is 0 Å². The van der Waals surface area contributed by atoms with Gasteiger partial charge in [-0.05, 0) is 12.8 Å². The number of nitrogens with zero attached hydrogens (tertiary/aromatic N) is 1. The second-order valence-electron chi connectivity index (χ2n) is 4.03. The Bertz CT molecular complexity index is 341. The van der Waals surface area contributed by atoms with Crippen LogP contribution in [-0.4, -0.2) is 41.4 Å². The molecule has 2 aliphatic heterocycles. The largest absolute Gasteiger partial charge is 0.340 e. The van der Waals surface area contributed by atoms with Crippen LogP contribution in [0.25, 0.3) is 0 Å². The first-order valence-electron chi connectivity index (χ1n) is 4.93. The molecule has 2 fully saturated rings. The van der Waals surface area contributed by atoms with E-state index in [0.29, 0.717) is 13.0 Å². The maximum Gasteiger partial charge on any atom is 0.322 e. The van der Waals surface area contributed by atoms with Gasteiger partial charge in [0.05, 0.1) is 6.54 Å². The fraction of sp³-hybridized carbons (Fsp3) is 0.667. The van der Waals surface area contributed by atoms with Gasteiger partial charge in [0, 0.05) is 13.5 Å². The molecule has 2 aliphatic rings. The Morgan fingerprint density at radius 2 is 2.20 bits per heavy atom. The van der Waals surface area contributed by atoms with Gasteiger partial charge in [0.2, 0.25) is 5.91 Å². The maximum atomic E-state index is 11.6. The Hall–Kier alpha value is -1.59. The van der Waals surface area contributed by atoms with E-state index in [1.54, 1.807) is 4.90 Å². The molecule has 0 bridgehead atoms. The number of rotatable bonds is 0. The molecule has 1 atom stereocenters. The third kappa shape index (κ3) is 1.55. The average molecular weight is 211 g/mol. The Balaban J connectivity index is 2.18. The lowest BCUT2D eigenvalue weighted by Gasteiger charge is -2.37. The summed E-state index contributed by atoms with van der Waals surface area (Å²) in [7, 11) is 0. The number of piperidine rings is 1. The molecule has 0 saturated carbocycles. The lowest BCUT2D eigenvalue weighted by Crippen LogP contribution is -2.59. The number of imide groups is 1. The smallest absolute Gasteiger partial charge is 0.322 e. The molecule has 0 aromatic carbocycles. The van der Waals surface area contributed by atoms with E-state index < -0.39 is 11.6 Å². The molecule has 2 rings (SSSR count). The molecule has 4 amide bonds. The van der Waals surface area contributed by atoms with E-state index in [1.165, 1.54) is 6.92 Å². The molecule has 82 valence electrons. The highest BCUT2D eigenvalue weighted by molar-refractivity contribution is 6.07. The zero-order valence-electron chi connectivity index (χ0n) is 8.50. The summed E-state index contributed by atoms with van der Waals surface area (Å²) >= 11 is 0. The molecule has 6 heteroatoms. The van der Waals surface area contributed by atoms with Gasteiger partial charge < -0.3 is 10.2 Å². The molecule has 6 nitrogen and oxygen atoms in total. The SMILES string of the molecule is CC(=O)N1CCCC2(C1)NC(=O)NC2=O. The summed E-state index contributed by atoms with van der Waals surface area (Å²) in [6, 6.07) is -0.467. The topological polar surface area (TPSA) is 78.5 Å². The third-order valence-electron chi connectivity index (χ3n) is 2.95. The van der Waals surface area contributed by atoms with Crippen LogP contribution in [0.3, 0.4) is 0 Å². The van der Waals surface area contributed by atoms with E-state index in [2.05, 4.69) is 10.6 Å². The molecule has 0 radical (unpaired) electrons. The number of hydrogen-bond acceptors (Lipinski definition) is 3. The number of carbonyl (C=O) groups is 3. The summed E-state index contributed by atoms with van der Waals surface area (Å²) in [6.45, 7) is 2.40. The number of carbonyl (C=O) groups excluding carboxylic acids is 3. The molecule has 2 heterocycles. The van der Waals surface area contributed by atoms with Crippen molar-refractivity contribution in [3.63, 3.8) is 0 Å². The van der Waals surface area contributed by atoms with Crippen molar-refractivity contribution in [2.24, 2.45) is 0 Å². The normalized spacial score (nSPS) is 30.3. The summed E-state index contributed by atoms with van der Waals surface area (Å²) in [5, 5.41) is 4.82. The minimum Gasteiger partial charge on any atom is -0.340 e. The Kier molecular flexibility index (Phi) is 2.13. The fourth-order valence-corrected chi connectivity index (χ4v) is 2.14. The molecular weight excluding hydrogens is 198 g/mol. The lowest BCUT2D eigenvalue weighted by molar-refractivity contribution is -0.134. The molecule has 0 aromatic rings. The van der Waals surface area contributed by atoms with Crippen LogP contribution in [0.4, 0.5) is 4.79 Å². The van der Waals surface area contributed by atoms with Gasteiger partial charge in [0.1, 0.15) is 5.54 Å². The molecular formula is C9H13N3O3. The molecule has 15 heavy (non-hydrogen) atoms. The van der Waals surface area contributed by atoms with Crippen molar-refractivity contribution in [2.75, 3.05) is 13.1 Å². The lowest BCUT2D eigenvalue weighted by atomic mass is 9.89. The Morgan fingerprint density at radius 1 is 1.47 bits per heavy atom. The molecule has 1 spiro atoms. The van der Waals surface area contributed by atoms with E-state index in [9.17, 15) is 14.4 Å². The van der Waals surface area contributed by atoms with Crippen LogP contribution >= 0.6 is 0 Å². The second kappa shape index (κ2) is 3.22. The average Bonchev–Trinajstić information content (AvgIpc) is 2.41. The zero-order chi connectivity index (χ0) is 11.1. The standard InChI is InChI=1S/C9H13N3O3/c1-6(13)12-4-2-3-9(5-12)7(14)10-8(15)11-9/h2-5H2,1H3,(H2,10,11,14,15). The summed E-state index contributed by atoms with van der Waals surface area (Å²) in [4.78, 5) is 35.5. The summed E-state index contributed by atoms with van der Waals surface area (Å²) in [6.07, 6.45) is 1.32. The van der Waals surface area contributed by atoms with Crippen molar-refractivity contribution in [3.05, 3.63) is 0 Å². The van der Waals surface area contributed by atoms with E-state index in [-0.39, 0.29) is 18.4 Å². The van der Waals surface area contributed by atoms with Gasteiger partial charge in [-0.1, -0.05) is 0 Å². The highest BCUT2D eigenvalue weighted by Gasteiger charge is 2.49. The van der Waals surface area contributed by atoms with Crippen molar-refractivity contribution in [1.82, 2.24) is 15.5 Å². The van der Waals surface area contributed by atoms with Crippen molar-refractivity contribution >= 4 is 17.8 Å². The Morgan fingerprint density at radius 3 is 2.73 bits per heavy atom. The number of urea groups is 1. The fourth-order valence-electron chi connectivity index (χ4n) is 2.14. The van der Waals surface area contributed by atoms with Crippen molar-refractivity contribution < 1.29 is 14.4 Å². The van der Waals surface area contributed by atoms with Crippen LogP contribution in [0.15, 0.2) is 0 Å². The minimum atomic E-state index is -0.888. The first-order chi connectivity index (χ1) is 7.03. The Labute approximate surface area is 87.0 Å². The van der Waals surface area contributed by atoms with Crippen molar-refractivity contribution in [1.29, 1.82) is 0 Å². The van der Waals surface area contributed by atoms with Crippen LogP contribution in [0.5, 0.6) is 0 Å². The van der Waals surface area contributed by atoms with E-state index in [4.69, 9.17) is 0 Å². The third-order valence-corrected chi connectivity index (χ3v) is 2.95. The van der Waals surface area contributed by atoms with Gasteiger partial charge in [0.25, 0.3) is 5.91 Å². The summed E-state index contributed by atoms with van der Waals surface area (Å²) in [5.74, 6) is -0.388. The highest BCUT2D eigenvalue weighted by Crippen LogP contribution is 2.24. The predicted octanol–water partition coefficient (Wildman–Crippen LogP) is -0.793. The van der Waals surface area contributed by atoms with Gasteiger partial charge in [-0.2, -0.15) is 0 Å². The van der Waals surface area contributed by atoms with Gasteiger partial charge in [-0.3, -0.25) is 14.9 Å². The molecule has 0 aromatic heterocycles. The van der Waals surface area contributed by atoms with Crippen LogP contribution in [0.2, 0.25) is 0 Å². The minimum absolute atomic E-state index is 0.0666. The van der Waals surface area contributed by atoms with E-state index >= 15 is 0 Å². The van der Waals surface area contributed by atoms with E-state index in [0.717, 1.165) is 6.42 Å². The number of nitrogens with one attached hydrogen (secondary N) is 2. The molecule has 2 N–H and O–H groups in total. The van der Waals surface area contributed by atoms with Crippen LogP contribution in [0, 0.1) is 0 Å².